The number of hydrogen-bond donors (Lipinski definition) is 8. The maximum absolute atomic E-state index is 13.5. The summed E-state index contributed by atoms with van der Waals surface area (Å²) in [5.74, 6) is -4.94. The third kappa shape index (κ3) is 13.7. The van der Waals surface area contributed by atoms with Crippen LogP contribution in [0.2, 0.25) is 0 Å². The molecule has 16 heteroatoms. The molecule has 0 unspecified atom stereocenters. The van der Waals surface area contributed by atoms with Crippen LogP contribution in [0.3, 0.4) is 0 Å². The van der Waals surface area contributed by atoms with E-state index in [4.69, 9.17) is 5.11 Å². The summed E-state index contributed by atoms with van der Waals surface area (Å²) in [7, 11) is 0. The van der Waals surface area contributed by atoms with Crippen molar-refractivity contribution in [3.63, 3.8) is 0 Å². The van der Waals surface area contributed by atoms with Gasteiger partial charge in [-0.15, -0.1) is 0 Å². The Bertz CT molecular complexity index is 1810. The Morgan fingerprint density at radius 2 is 1.42 bits per heavy atom. The summed E-state index contributed by atoms with van der Waals surface area (Å²) in [5, 5.41) is 42.7. The molecule has 0 saturated heterocycles. The number of aliphatic carboxylic acids is 3. The molecular weight excluding hydrogens is 712 g/mol. The number of pyridine rings is 1. The molecule has 294 valence electrons. The van der Waals surface area contributed by atoms with Crippen LogP contribution in [0.15, 0.2) is 67.0 Å². The predicted molar refractivity (Wildman–Crippen MR) is 200 cm³/mol. The van der Waals surface area contributed by atoms with Crippen LogP contribution in [-0.4, -0.2) is 93.2 Å². The van der Waals surface area contributed by atoms with Gasteiger partial charge < -0.3 is 41.9 Å². The van der Waals surface area contributed by atoms with Crippen LogP contribution < -0.4 is 26.6 Å². The van der Waals surface area contributed by atoms with Crippen molar-refractivity contribution in [1.82, 2.24) is 31.6 Å². The Balaban J connectivity index is 1.28. The van der Waals surface area contributed by atoms with Crippen LogP contribution in [0.4, 0.5) is 4.79 Å². The first kappa shape index (κ1) is 41.7. The van der Waals surface area contributed by atoms with E-state index in [2.05, 4.69) is 31.6 Å². The summed E-state index contributed by atoms with van der Waals surface area (Å²) in [4.78, 5) is 89.7. The van der Waals surface area contributed by atoms with Crippen LogP contribution >= 0.6 is 0 Å². The molecule has 0 radical (unpaired) electrons. The molecule has 1 aliphatic rings. The number of nitrogens with zero attached hydrogens (tertiary/aromatic N) is 1. The lowest BCUT2D eigenvalue weighted by Gasteiger charge is -2.29. The second kappa shape index (κ2) is 21.0. The average molecular weight is 761 g/mol. The van der Waals surface area contributed by atoms with Crippen molar-refractivity contribution in [3.05, 3.63) is 78.1 Å². The van der Waals surface area contributed by atoms with Crippen molar-refractivity contribution in [2.24, 2.45) is 11.8 Å². The Labute approximate surface area is 317 Å². The fourth-order valence-corrected chi connectivity index (χ4v) is 6.51. The minimum atomic E-state index is -1.52. The molecule has 0 bridgehead atoms. The fourth-order valence-electron chi connectivity index (χ4n) is 6.51. The van der Waals surface area contributed by atoms with Crippen LogP contribution in [0, 0.1) is 11.8 Å². The molecule has 1 aliphatic carbocycles. The number of carboxylic acid groups (broad SMARTS) is 3. The largest absolute Gasteiger partial charge is 0.481 e. The number of rotatable bonds is 20. The lowest BCUT2D eigenvalue weighted by Crippen LogP contribution is -2.51. The Hall–Kier alpha value is -6.06. The van der Waals surface area contributed by atoms with E-state index >= 15 is 0 Å². The summed E-state index contributed by atoms with van der Waals surface area (Å²) in [6.07, 6.45) is 5.75. The molecule has 16 nitrogen and oxygen atoms in total. The molecule has 0 aliphatic heterocycles. The highest BCUT2D eigenvalue weighted by atomic mass is 16.4. The average Bonchev–Trinajstić information content (AvgIpc) is 3.17. The third-order valence-electron chi connectivity index (χ3n) is 9.65. The van der Waals surface area contributed by atoms with Gasteiger partial charge in [-0.1, -0.05) is 42.5 Å². The molecule has 1 fully saturated rings. The molecule has 0 spiro atoms. The van der Waals surface area contributed by atoms with E-state index in [0.717, 1.165) is 29.2 Å². The molecule has 55 heavy (non-hydrogen) atoms. The summed E-state index contributed by atoms with van der Waals surface area (Å²) in [6.45, 7) is 0.652. The molecule has 5 amide bonds. The molecule has 2 aromatic carbocycles. The van der Waals surface area contributed by atoms with Gasteiger partial charge in [0.05, 0.1) is 5.56 Å². The zero-order chi connectivity index (χ0) is 39.7. The molecule has 1 heterocycles. The first-order chi connectivity index (χ1) is 26.4. The van der Waals surface area contributed by atoms with Crippen LogP contribution in [0.25, 0.3) is 10.8 Å². The van der Waals surface area contributed by atoms with Gasteiger partial charge in [0.2, 0.25) is 11.8 Å². The van der Waals surface area contributed by atoms with Gasteiger partial charge in [-0.25, -0.2) is 14.4 Å². The quantitative estimate of drug-likeness (QED) is 0.0778. The number of carbonyl (C=O) groups is 7. The summed E-state index contributed by atoms with van der Waals surface area (Å²) < 4.78 is 0. The second-order valence-electron chi connectivity index (χ2n) is 13.7. The normalized spacial score (nSPS) is 16.8. The Morgan fingerprint density at radius 1 is 0.727 bits per heavy atom. The van der Waals surface area contributed by atoms with Crippen molar-refractivity contribution in [3.8, 4) is 0 Å². The van der Waals surface area contributed by atoms with Gasteiger partial charge in [0, 0.05) is 44.2 Å². The highest BCUT2D eigenvalue weighted by molar-refractivity contribution is 5.94. The molecule has 3 aromatic rings. The van der Waals surface area contributed by atoms with E-state index < -0.39 is 54.4 Å². The predicted octanol–water partition coefficient (Wildman–Crippen LogP) is 2.86. The van der Waals surface area contributed by atoms with E-state index in [1.165, 1.54) is 6.20 Å². The third-order valence-corrected chi connectivity index (χ3v) is 9.65. The highest BCUT2D eigenvalue weighted by Crippen LogP contribution is 2.29. The topological polar surface area (TPSA) is 253 Å². The van der Waals surface area contributed by atoms with Gasteiger partial charge >= 0.3 is 23.9 Å². The number of carboxylic acids is 3. The lowest BCUT2D eigenvalue weighted by molar-refractivity contribution is -0.141. The molecule has 8 N–H and O–H groups in total. The molecule has 1 saturated carbocycles. The monoisotopic (exact) mass is 760 g/mol. The van der Waals surface area contributed by atoms with E-state index in [0.29, 0.717) is 31.4 Å². The standard InChI is InChI=1S/C39H48N6O10/c46-33(47)17-16-31(38(53)54)45-39(55)44-30(37(51)52)9-3-4-19-41-36(50)32(21-25-12-13-26-6-1-2-7-28(26)20-25)43-35(49)27-14-10-24(11-15-27)22-42-34(48)29-8-5-18-40-23-29/h1-2,5-8,12-13,18,20,23-24,27,30-32H,3-4,9-11,14-17,19,21-22H2,(H,41,50)(H,42,48)(H,43,49)(H,46,47)(H,51,52)(H,53,54)(H2,44,45,55)/t24-,27-,30-,31-,32-/m0/s1. The van der Waals surface area contributed by atoms with E-state index in [-0.39, 0.29) is 55.9 Å². The van der Waals surface area contributed by atoms with Crippen molar-refractivity contribution in [2.45, 2.75) is 82.3 Å². The van der Waals surface area contributed by atoms with Crippen molar-refractivity contribution in [1.29, 1.82) is 0 Å². The fraction of sp³-hybridized carbons (Fsp3) is 0.436. The maximum Gasteiger partial charge on any atom is 0.326 e. The van der Waals surface area contributed by atoms with E-state index in [9.17, 15) is 43.8 Å². The second-order valence-corrected chi connectivity index (χ2v) is 13.7. The number of aromatic nitrogens is 1. The smallest absolute Gasteiger partial charge is 0.326 e. The number of amides is 5. The molecule has 3 atom stereocenters. The number of hydrogen-bond acceptors (Lipinski definition) is 8. The first-order valence-corrected chi connectivity index (χ1v) is 18.4. The SMILES string of the molecule is O=C(O)CC[C@H](NC(=O)N[C@@H](CCCCNC(=O)[C@H](Cc1ccc2ccccc2c1)NC(=O)[C@H]1CC[C@H](CNC(=O)c2cccnc2)CC1)C(=O)O)C(=O)O. The minimum absolute atomic E-state index is 0.0292. The number of nitrogens with one attached hydrogen (secondary N) is 5. The van der Waals surface area contributed by atoms with Crippen molar-refractivity contribution >= 4 is 52.4 Å². The van der Waals surface area contributed by atoms with Crippen LogP contribution in [0.1, 0.15) is 73.7 Å². The summed E-state index contributed by atoms with van der Waals surface area (Å²) >= 11 is 0. The molecule has 4 rings (SSSR count). The van der Waals surface area contributed by atoms with Gasteiger partial charge in [0.1, 0.15) is 18.1 Å². The van der Waals surface area contributed by atoms with Gasteiger partial charge in [-0.2, -0.15) is 0 Å². The van der Waals surface area contributed by atoms with Crippen molar-refractivity contribution in [2.75, 3.05) is 13.1 Å². The lowest BCUT2D eigenvalue weighted by atomic mass is 9.81. The highest BCUT2D eigenvalue weighted by Gasteiger charge is 2.30. The van der Waals surface area contributed by atoms with Crippen LogP contribution in [0.5, 0.6) is 0 Å². The number of carbonyl (C=O) groups excluding carboxylic acids is 4. The Kier molecular flexibility index (Phi) is 15.9. The van der Waals surface area contributed by atoms with Gasteiger partial charge in [0.15, 0.2) is 0 Å². The van der Waals surface area contributed by atoms with Gasteiger partial charge in [-0.3, -0.25) is 24.2 Å². The Morgan fingerprint density at radius 3 is 2.07 bits per heavy atom. The number of urea groups is 1. The van der Waals surface area contributed by atoms with E-state index in [1.807, 2.05) is 42.5 Å². The zero-order valence-electron chi connectivity index (χ0n) is 30.4. The minimum Gasteiger partial charge on any atom is -0.481 e. The van der Waals surface area contributed by atoms with E-state index in [1.54, 1.807) is 18.3 Å². The van der Waals surface area contributed by atoms with Gasteiger partial charge in [-0.05, 0) is 85.8 Å². The summed E-state index contributed by atoms with van der Waals surface area (Å²) in [6, 6.07) is 12.2. The molecular formula is C39H48N6O10. The van der Waals surface area contributed by atoms with Gasteiger partial charge in [0.25, 0.3) is 5.91 Å². The van der Waals surface area contributed by atoms with Crippen LogP contribution in [-0.2, 0) is 30.4 Å². The number of unbranched alkanes of at least 4 members (excludes halogenated alkanes) is 1. The maximum atomic E-state index is 13.5. The summed E-state index contributed by atoms with van der Waals surface area (Å²) in [5.41, 5.74) is 1.34. The number of fused-ring (bicyclic) bond motifs is 1. The molecule has 1 aromatic heterocycles. The first-order valence-electron chi connectivity index (χ1n) is 18.4. The zero-order valence-corrected chi connectivity index (χ0v) is 30.4. The van der Waals surface area contributed by atoms with Crippen molar-refractivity contribution < 1.29 is 48.9 Å². The number of benzene rings is 2.